The molecule has 0 aliphatic heterocycles. The second-order valence-corrected chi connectivity index (χ2v) is 8.27. The Bertz CT molecular complexity index is 912. The summed E-state index contributed by atoms with van der Waals surface area (Å²) in [5.41, 5.74) is 4.39. The number of nitrogens with two attached hydrogens (primary N) is 1. The van der Waals surface area contributed by atoms with Crippen LogP contribution in [0.15, 0.2) is 30.3 Å². The van der Waals surface area contributed by atoms with Crippen molar-refractivity contribution in [1.82, 2.24) is 4.31 Å². The smallest absolute Gasteiger partial charge is 0.301 e. The van der Waals surface area contributed by atoms with Gasteiger partial charge in [0.2, 0.25) is 0 Å². The highest BCUT2D eigenvalue weighted by atomic mass is 127. The molecule has 2 aromatic rings. The maximum absolute atomic E-state index is 14.3. The van der Waals surface area contributed by atoms with Gasteiger partial charge >= 0.3 is 10.2 Å². The zero-order valence-electron chi connectivity index (χ0n) is 13.6. The van der Waals surface area contributed by atoms with E-state index in [0.29, 0.717) is 3.57 Å². The first-order valence-electron chi connectivity index (χ1n) is 7.30. The lowest BCUT2D eigenvalue weighted by Gasteiger charge is -2.20. The van der Waals surface area contributed by atoms with E-state index in [9.17, 15) is 21.6 Å². The summed E-state index contributed by atoms with van der Waals surface area (Å²) in [6.07, 6.45) is 0. The van der Waals surface area contributed by atoms with E-state index in [2.05, 4.69) is 10.0 Å². The van der Waals surface area contributed by atoms with Crippen molar-refractivity contribution < 1.29 is 21.6 Å². The van der Waals surface area contributed by atoms with Gasteiger partial charge in [-0.15, -0.1) is 0 Å². The molecule has 0 bridgehead atoms. The summed E-state index contributed by atoms with van der Waals surface area (Å²) in [5, 5.41) is 2.41. The van der Waals surface area contributed by atoms with Crippen molar-refractivity contribution in [2.24, 2.45) is 5.73 Å². The largest absolute Gasteiger partial charge is 0.349 e. The fraction of sp³-hybridized carbons (Fsp3) is 0.200. The average molecular weight is 500 g/mol. The third-order valence-corrected chi connectivity index (χ3v) is 5.53. The Morgan fingerprint density at radius 2 is 1.77 bits per heavy atom. The molecule has 0 saturated carbocycles. The SMILES string of the molecule is CN(CCN)S(=O)(=O)Nc1ccc(F)c(F)c1Nc1ccc(I)cc1F. The van der Waals surface area contributed by atoms with E-state index in [0.717, 1.165) is 16.4 Å². The summed E-state index contributed by atoms with van der Waals surface area (Å²) in [5.74, 6) is -3.25. The first kappa shape index (κ1) is 20.7. The van der Waals surface area contributed by atoms with Crippen molar-refractivity contribution in [3.8, 4) is 0 Å². The maximum atomic E-state index is 14.3. The van der Waals surface area contributed by atoms with Crippen molar-refractivity contribution in [1.29, 1.82) is 0 Å². The van der Waals surface area contributed by atoms with Gasteiger partial charge in [0.05, 0.1) is 11.4 Å². The third kappa shape index (κ3) is 4.78. The summed E-state index contributed by atoms with van der Waals surface area (Å²) < 4.78 is 70.1. The molecule has 142 valence electrons. The third-order valence-electron chi connectivity index (χ3n) is 3.38. The van der Waals surface area contributed by atoms with Gasteiger partial charge in [-0.05, 0) is 52.9 Å². The monoisotopic (exact) mass is 500 g/mol. The van der Waals surface area contributed by atoms with Crippen LogP contribution in [-0.4, -0.2) is 32.9 Å². The fourth-order valence-electron chi connectivity index (χ4n) is 2.00. The number of nitrogens with one attached hydrogen (secondary N) is 2. The van der Waals surface area contributed by atoms with Gasteiger partial charge in [0, 0.05) is 23.7 Å². The number of halogens is 4. The highest BCUT2D eigenvalue weighted by Crippen LogP contribution is 2.32. The van der Waals surface area contributed by atoms with E-state index < -0.39 is 33.3 Å². The number of nitrogens with zero attached hydrogens (tertiary/aromatic N) is 1. The van der Waals surface area contributed by atoms with Crippen molar-refractivity contribution in [2.75, 3.05) is 30.2 Å². The Morgan fingerprint density at radius 3 is 2.38 bits per heavy atom. The molecule has 2 rings (SSSR count). The highest BCUT2D eigenvalue weighted by Gasteiger charge is 2.22. The molecule has 0 aromatic heterocycles. The molecular formula is C15H16F3IN4O2S. The molecule has 0 unspecified atom stereocenters. The number of benzene rings is 2. The Labute approximate surface area is 162 Å². The molecule has 0 heterocycles. The second kappa shape index (κ2) is 8.41. The van der Waals surface area contributed by atoms with Crippen LogP contribution >= 0.6 is 22.6 Å². The van der Waals surface area contributed by atoms with E-state index in [1.807, 2.05) is 22.6 Å². The van der Waals surface area contributed by atoms with Crippen LogP contribution in [0, 0.1) is 21.0 Å². The first-order valence-corrected chi connectivity index (χ1v) is 9.82. The molecular weight excluding hydrogens is 484 g/mol. The van der Waals surface area contributed by atoms with Crippen molar-refractivity contribution in [3.63, 3.8) is 0 Å². The minimum atomic E-state index is -4.06. The molecule has 0 aliphatic rings. The molecule has 0 aliphatic carbocycles. The number of hydrogen-bond donors (Lipinski definition) is 3. The van der Waals surface area contributed by atoms with Crippen LogP contribution in [0.3, 0.4) is 0 Å². The van der Waals surface area contributed by atoms with Gasteiger partial charge in [-0.1, -0.05) is 0 Å². The molecule has 0 saturated heterocycles. The molecule has 4 N–H and O–H groups in total. The van der Waals surface area contributed by atoms with E-state index in [1.54, 1.807) is 6.07 Å². The van der Waals surface area contributed by atoms with Crippen molar-refractivity contribution in [3.05, 3.63) is 51.4 Å². The van der Waals surface area contributed by atoms with E-state index >= 15 is 0 Å². The summed E-state index contributed by atoms with van der Waals surface area (Å²) >= 11 is 1.90. The lowest BCUT2D eigenvalue weighted by atomic mass is 10.2. The summed E-state index contributed by atoms with van der Waals surface area (Å²) in [6.45, 7) is 0.0989. The lowest BCUT2D eigenvalue weighted by molar-refractivity contribution is 0.481. The molecule has 0 amide bonds. The molecule has 0 radical (unpaired) electrons. The standard InChI is InChI=1S/C15H16F3IN4O2S/c1-23(7-6-20)26(24,25)22-13-5-3-10(16)14(18)15(13)21-12-4-2-9(19)8-11(12)17/h2-5,8,21-22H,6-7,20H2,1H3. The minimum Gasteiger partial charge on any atom is -0.349 e. The maximum Gasteiger partial charge on any atom is 0.301 e. The normalized spacial score (nSPS) is 11.7. The predicted octanol–water partition coefficient (Wildman–Crippen LogP) is 3.00. The van der Waals surface area contributed by atoms with Crippen molar-refractivity contribution in [2.45, 2.75) is 0 Å². The van der Waals surface area contributed by atoms with Gasteiger partial charge in [-0.25, -0.2) is 13.2 Å². The molecule has 11 heteroatoms. The Balaban J connectivity index is 2.44. The molecule has 6 nitrogen and oxygen atoms in total. The number of hydrogen-bond acceptors (Lipinski definition) is 4. The number of rotatable bonds is 7. The van der Waals surface area contributed by atoms with Crippen LogP contribution in [0.2, 0.25) is 0 Å². The number of likely N-dealkylation sites (N-methyl/N-ethyl adjacent to an activating group) is 1. The zero-order chi connectivity index (χ0) is 19.5. The van der Waals surface area contributed by atoms with Crippen LogP contribution in [0.4, 0.5) is 30.2 Å². The Kier molecular flexibility index (Phi) is 6.71. The van der Waals surface area contributed by atoms with Gasteiger partial charge in [0.15, 0.2) is 11.6 Å². The predicted molar refractivity (Wildman–Crippen MR) is 103 cm³/mol. The number of anilines is 3. The molecule has 0 spiro atoms. The quantitative estimate of drug-likeness (QED) is 0.511. The van der Waals surface area contributed by atoms with Gasteiger partial charge in [0.1, 0.15) is 11.5 Å². The Morgan fingerprint density at radius 1 is 1.12 bits per heavy atom. The van der Waals surface area contributed by atoms with Crippen LogP contribution in [-0.2, 0) is 10.2 Å². The first-order chi connectivity index (χ1) is 12.2. The van der Waals surface area contributed by atoms with Crippen LogP contribution in [0.5, 0.6) is 0 Å². The van der Waals surface area contributed by atoms with Crippen molar-refractivity contribution >= 4 is 49.9 Å². The van der Waals surface area contributed by atoms with Gasteiger partial charge in [0.25, 0.3) is 0 Å². The highest BCUT2D eigenvalue weighted by molar-refractivity contribution is 14.1. The Hall–Kier alpha value is -1.57. The van der Waals surface area contributed by atoms with E-state index in [4.69, 9.17) is 5.73 Å². The van der Waals surface area contributed by atoms with Gasteiger partial charge in [-0.3, -0.25) is 4.72 Å². The molecule has 0 atom stereocenters. The molecule has 2 aromatic carbocycles. The summed E-state index contributed by atoms with van der Waals surface area (Å²) in [6, 6.07) is 5.89. The second-order valence-electron chi connectivity index (χ2n) is 5.25. The molecule has 26 heavy (non-hydrogen) atoms. The van der Waals surface area contributed by atoms with Gasteiger partial charge < -0.3 is 11.1 Å². The lowest BCUT2D eigenvalue weighted by Crippen LogP contribution is -2.36. The van der Waals surface area contributed by atoms with E-state index in [-0.39, 0.29) is 24.5 Å². The van der Waals surface area contributed by atoms with Crippen LogP contribution < -0.4 is 15.8 Å². The minimum absolute atomic E-state index is 0.0214. The summed E-state index contributed by atoms with van der Waals surface area (Å²) in [4.78, 5) is 0. The van der Waals surface area contributed by atoms with Crippen LogP contribution in [0.25, 0.3) is 0 Å². The van der Waals surface area contributed by atoms with Gasteiger partial charge in [-0.2, -0.15) is 12.7 Å². The zero-order valence-corrected chi connectivity index (χ0v) is 16.5. The van der Waals surface area contributed by atoms with E-state index in [1.165, 1.54) is 19.2 Å². The topological polar surface area (TPSA) is 87.5 Å². The summed E-state index contributed by atoms with van der Waals surface area (Å²) in [7, 11) is -2.78. The fourth-order valence-corrected chi connectivity index (χ4v) is 3.41. The average Bonchev–Trinajstić information content (AvgIpc) is 2.56. The van der Waals surface area contributed by atoms with Crippen LogP contribution in [0.1, 0.15) is 0 Å². The molecule has 0 fully saturated rings.